The lowest BCUT2D eigenvalue weighted by molar-refractivity contribution is 0.311. The Morgan fingerprint density at radius 3 is 2.68 bits per heavy atom. The third-order valence-corrected chi connectivity index (χ3v) is 5.74. The van der Waals surface area contributed by atoms with Crippen molar-refractivity contribution in [2.75, 3.05) is 36.2 Å². The van der Waals surface area contributed by atoms with E-state index in [1.54, 1.807) is 43.8 Å². The minimum absolute atomic E-state index is 0.0338. The van der Waals surface area contributed by atoms with Crippen molar-refractivity contribution in [1.82, 2.24) is 24.5 Å². The van der Waals surface area contributed by atoms with E-state index in [1.807, 2.05) is 23.9 Å². The molecule has 0 atom stereocenters. The molecule has 0 fully saturated rings. The first-order valence-electron chi connectivity index (χ1n) is 11.5. The molecule has 0 unspecified atom stereocenters. The average molecular weight is 501 g/mol. The number of rotatable bonds is 9. The number of aromatic nitrogens is 5. The van der Waals surface area contributed by atoms with Crippen LogP contribution in [0.4, 0.5) is 33.2 Å². The molecule has 11 heteroatoms. The Kier molecular flexibility index (Phi) is 6.77. The van der Waals surface area contributed by atoms with Crippen molar-refractivity contribution in [2.45, 2.75) is 0 Å². The minimum atomic E-state index is -0.310. The molecule has 0 aliphatic heterocycles. The van der Waals surface area contributed by atoms with Gasteiger partial charge in [0.2, 0.25) is 5.95 Å². The molecule has 5 rings (SSSR count). The van der Waals surface area contributed by atoms with E-state index in [9.17, 15) is 9.50 Å². The van der Waals surface area contributed by atoms with Gasteiger partial charge in [-0.05, 0) is 36.4 Å². The van der Waals surface area contributed by atoms with E-state index in [2.05, 4.69) is 35.9 Å². The van der Waals surface area contributed by atoms with Gasteiger partial charge in [-0.1, -0.05) is 0 Å². The second-order valence-corrected chi connectivity index (χ2v) is 8.17. The first-order chi connectivity index (χ1) is 18.1. The maximum atomic E-state index is 14.0. The fourth-order valence-corrected chi connectivity index (χ4v) is 4.05. The number of anilines is 5. The van der Waals surface area contributed by atoms with Crippen molar-refractivity contribution in [3.8, 4) is 17.0 Å². The molecule has 37 heavy (non-hydrogen) atoms. The van der Waals surface area contributed by atoms with Crippen LogP contribution in [-0.4, -0.2) is 49.9 Å². The third kappa shape index (κ3) is 5.11. The van der Waals surface area contributed by atoms with E-state index in [4.69, 9.17) is 4.74 Å². The number of benzene rings is 2. The standard InChI is InChI=1S/C26H25FN8O2/c1-35-14-18(17-11-16(27)3-4-23(17)35)19-5-8-30-26(33-19)34-22-12-21(32-25-6-7-28-15-31-25)20(29-9-10-36)13-24(22)37-2/h3-8,11-15,29,36H,9-10H2,1-2H3,(H,28,31,32)(H,30,33,34). The van der Waals surface area contributed by atoms with E-state index < -0.39 is 0 Å². The highest BCUT2D eigenvalue weighted by Crippen LogP contribution is 2.37. The molecule has 188 valence electrons. The van der Waals surface area contributed by atoms with Gasteiger partial charge in [-0.15, -0.1) is 0 Å². The van der Waals surface area contributed by atoms with Crippen LogP contribution in [0.3, 0.4) is 0 Å². The predicted octanol–water partition coefficient (Wildman–Crippen LogP) is 4.46. The van der Waals surface area contributed by atoms with Crippen molar-refractivity contribution >= 4 is 39.7 Å². The largest absolute Gasteiger partial charge is 0.494 e. The van der Waals surface area contributed by atoms with Gasteiger partial charge in [-0.3, -0.25) is 0 Å². The van der Waals surface area contributed by atoms with Gasteiger partial charge < -0.3 is 30.4 Å². The molecule has 3 heterocycles. The molecule has 3 aromatic heterocycles. The number of methoxy groups -OCH3 is 1. The van der Waals surface area contributed by atoms with Gasteiger partial charge in [0.15, 0.2) is 0 Å². The number of aryl methyl sites for hydroxylation is 1. The highest BCUT2D eigenvalue weighted by atomic mass is 19.1. The second-order valence-electron chi connectivity index (χ2n) is 8.17. The van der Waals surface area contributed by atoms with E-state index in [-0.39, 0.29) is 12.4 Å². The fraction of sp³-hybridized carbons (Fsp3) is 0.154. The number of ether oxygens (including phenoxy) is 1. The van der Waals surface area contributed by atoms with Crippen LogP contribution in [0.25, 0.3) is 22.2 Å². The van der Waals surface area contributed by atoms with Gasteiger partial charge in [0.1, 0.15) is 23.7 Å². The summed E-state index contributed by atoms with van der Waals surface area (Å²) in [5.41, 5.74) is 4.35. The monoisotopic (exact) mass is 500 g/mol. The Balaban J connectivity index is 1.51. The van der Waals surface area contributed by atoms with Crippen molar-refractivity contribution < 1.29 is 14.2 Å². The van der Waals surface area contributed by atoms with Crippen LogP contribution in [0.2, 0.25) is 0 Å². The van der Waals surface area contributed by atoms with E-state index in [1.165, 1.54) is 18.5 Å². The Labute approximate surface area is 212 Å². The van der Waals surface area contributed by atoms with Gasteiger partial charge in [-0.2, -0.15) is 0 Å². The average Bonchev–Trinajstić information content (AvgIpc) is 3.24. The van der Waals surface area contributed by atoms with Gasteiger partial charge in [0.05, 0.1) is 36.5 Å². The lowest BCUT2D eigenvalue weighted by Gasteiger charge is -2.18. The normalized spacial score (nSPS) is 10.9. The van der Waals surface area contributed by atoms with Gasteiger partial charge in [0.25, 0.3) is 0 Å². The number of nitrogens with zero attached hydrogens (tertiary/aromatic N) is 5. The van der Waals surface area contributed by atoms with Gasteiger partial charge in [0, 0.05) is 54.7 Å². The van der Waals surface area contributed by atoms with Crippen LogP contribution in [-0.2, 0) is 7.05 Å². The smallest absolute Gasteiger partial charge is 0.227 e. The van der Waals surface area contributed by atoms with Crippen molar-refractivity contribution in [3.63, 3.8) is 0 Å². The summed E-state index contributed by atoms with van der Waals surface area (Å²) in [6.45, 7) is 0.319. The van der Waals surface area contributed by atoms with Crippen LogP contribution in [0.5, 0.6) is 5.75 Å². The molecule has 2 aromatic carbocycles. The van der Waals surface area contributed by atoms with Crippen molar-refractivity contribution in [2.24, 2.45) is 7.05 Å². The first-order valence-corrected chi connectivity index (χ1v) is 11.5. The third-order valence-electron chi connectivity index (χ3n) is 5.74. The summed E-state index contributed by atoms with van der Waals surface area (Å²) in [5, 5.41) is 19.7. The number of hydrogen-bond acceptors (Lipinski definition) is 9. The summed E-state index contributed by atoms with van der Waals surface area (Å²) >= 11 is 0. The second kappa shape index (κ2) is 10.5. The molecule has 4 N–H and O–H groups in total. The summed E-state index contributed by atoms with van der Waals surface area (Å²) < 4.78 is 21.5. The van der Waals surface area contributed by atoms with Crippen LogP contribution in [0.15, 0.2) is 67.4 Å². The van der Waals surface area contributed by atoms with E-state index >= 15 is 0 Å². The summed E-state index contributed by atoms with van der Waals surface area (Å²) in [5.74, 6) is 1.17. The molecule has 10 nitrogen and oxygen atoms in total. The number of hydrogen-bond donors (Lipinski definition) is 4. The topological polar surface area (TPSA) is 122 Å². The summed E-state index contributed by atoms with van der Waals surface area (Å²) in [6.07, 6.45) is 6.65. The van der Waals surface area contributed by atoms with Crippen LogP contribution >= 0.6 is 0 Å². The molecule has 5 aromatic rings. The Morgan fingerprint density at radius 1 is 1.00 bits per heavy atom. The lowest BCUT2D eigenvalue weighted by atomic mass is 10.1. The molecular weight excluding hydrogens is 475 g/mol. The summed E-state index contributed by atoms with van der Waals surface area (Å²) in [6, 6.07) is 11.9. The highest BCUT2D eigenvalue weighted by molar-refractivity contribution is 5.95. The zero-order chi connectivity index (χ0) is 25.8. The van der Waals surface area contributed by atoms with Crippen molar-refractivity contribution in [3.05, 3.63) is 73.2 Å². The number of aliphatic hydroxyl groups is 1. The number of halogens is 1. The van der Waals surface area contributed by atoms with Gasteiger partial charge >= 0.3 is 0 Å². The molecule has 0 bridgehead atoms. The maximum Gasteiger partial charge on any atom is 0.227 e. The number of fused-ring (bicyclic) bond motifs is 1. The van der Waals surface area contributed by atoms with Crippen LogP contribution in [0.1, 0.15) is 0 Å². The molecule has 0 saturated heterocycles. The highest BCUT2D eigenvalue weighted by Gasteiger charge is 2.15. The number of aliphatic hydroxyl groups excluding tert-OH is 1. The molecule has 0 aliphatic rings. The van der Waals surface area contributed by atoms with E-state index in [0.29, 0.717) is 46.8 Å². The van der Waals surface area contributed by atoms with Crippen LogP contribution in [0, 0.1) is 5.82 Å². The Hall–Kier alpha value is -4.77. The predicted molar refractivity (Wildman–Crippen MR) is 141 cm³/mol. The van der Waals surface area contributed by atoms with Crippen LogP contribution < -0.4 is 20.7 Å². The number of nitrogens with one attached hydrogen (secondary N) is 3. The molecule has 0 amide bonds. The van der Waals surface area contributed by atoms with Crippen molar-refractivity contribution in [1.29, 1.82) is 0 Å². The quantitative estimate of drug-likeness (QED) is 0.232. The zero-order valence-electron chi connectivity index (χ0n) is 20.2. The maximum absolute atomic E-state index is 14.0. The molecule has 0 spiro atoms. The molecule has 0 radical (unpaired) electrons. The molecule has 0 aliphatic carbocycles. The molecule has 0 saturated carbocycles. The SMILES string of the molecule is COc1cc(NCCO)c(Nc2ccncn2)cc1Nc1nccc(-c2cn(C)c3ccc(F)cc23)n1. The Bertz CT molecular complexity index is 1540. The first kappa shape index (κ1) is 23.9. The molecular formula is C26H25FN8O2. The summed E-state index contributed by atoms with van der Waals surface area (Å²) in [4.78, 5) is 17.2. The fourth-order valence-electron chi connectivity index (χ4n) is 4.05. The Morgan fingerprint density at radius 2 is 1.89 bits per heavy atom. The zero-order valence-corrected chi connectivity index (χ0v) is 20.2. The minimum Gasteiger partial charge on any atom is -0.494 e. The van der Waals surface area contributed by atoms with E-state index in [0.717, 1.165) is 16.5 Å². The van der Waals surface area contributed by atoms with Gasteiger partial charge in [-0.25, -0.2) is 24.3 Å². The summed E-state index contributed by atoms with van der Waals surface area (Å²) in [7, 11) is 3.48. The lowest BCUT2D eigenvalue weighted by Crippen LogP contribution is -2.09.